The molecule has 0 aliphatic carbocycles. The maximum absolute atomic E-state index is 12.0. The predicted molar refractivity (Wildman–Crippen MR) is 67.2 cm³/mol. The minimum Gasteiger partial charge on any atom is -0.480 e. The molecule has 1 aliphatic rings. The van der Waals surface area contributed by atoms with Gasteiger partial charge in [0.15, 0.2) is 0 Å². The second-order valence-corrected chi connectivity index (χ2v) is 4.58. The van der Waals surface area contributed by atoms with Crippen molar-refractivity contribution in [1.82, 2.24) is 4.90 Å². The number of amides is 1. The average Bonchev–Trinajstić information content (AvgIpc) is 2.44. The number of nitrogens with zero attached hydrogens (tertiary/aromatic N) is 1. The number of fused-ring (bicyclic) bond motifs is 1. The summed E-state index contributed by atoms with van der Waals surface area (Å²) in [7, 11) is 0. The van der Waals surface area contributed by atoms with Gasteiger partial charge in [0.25, 0.3) is 0 Å². The largest absolute Gasteiger partial charge is 0.480 e. The van der Waals surface area contributed by atoms with Crippen molar-refractivity contribution < 1.29 is 19.8 Å². The first-order valence-electron chi connectivity index (χ1n) is 6.01. The van der Waals surface area contributed by atoms with Crippen molar-refractivity contribution in [2.24, 2.45) is 5.73 Å². The zero-order valence-electron chi connectivity index (χ0n) is 10.3. The Bertz CT molecular complexity index is 503. The van der Waals surface area contributed by atoms with Crippen molar-refractivity contribution in [3.63, 3.8) is 0 Å². The number of benzene rings is 1. The molecule has 0 unspecified atom stereocenters. The normalized spacial score (nSPS) is 19.7. The molecule has 0 aromatic heterocycles. The Balaban J connectivity index is 2.31. The van der Waals surface area contributed by atoms with E-state index >= 15 is 0 Å². The third-order valence-corrected chi connectivity index (χ3v) is 3.33. The molecule has 1 heterocycles. The van der Waals surface area contributed by atoms with Gasteiger partial charge in [0.2, 0.25) is 5.91 Å². The van der Waals surface area contributed by atoms with Crippen LogP contribution in [0.4, 0.5) is 0 Å². The summed E-state index contributed by atoms with van der Waals surface area (Å²) in [5, 5.41) is 18.2. The first-order chi connectivity index (χ1) is 9.04. The summed E-state index contributed by atoms with van der Waals surface area (Å²) in [4.78, 5) is 24.6. The van der Waals surface area contributed by atoms with Gasteiger partial charge in [-0.15, -0.1) is 0 Å². The molecule has 6 nitrogen and oxygen atoms in total. The number of carbonyl (C=O) groups is 2. The molecule has 4 N–H and O–H groups in total. The van der Waals surface area contributed by atoms with Gasteiger partial charge in [-0.2, -0.15) is 0 Å². The molecule has 1 aliphatic heterocycles. The second kappa shape index (κ2) is 5.38. The molecule has 6 heteroatoms. The Kier molecular flexibility index (Phi) is 3.82. The summed E-state index contributed by atoms with van der Waals surface area (Å²) in [6.07, 6.45) is 0.259. The van der Waals surface area contributed by atoms with E-state index in [1.54, 1.807) is 0 Å². The summed E-state index contributed by atoms with van der Waals surface area (Å²) in [6, 6.07) is 5.40. The third kappa shape index (κ3) is 2.59. The monoisotopic (exact) mass is 264 g/mol. The summed E-state index contributed by atoms with van der Waals surface area (Å²) in [5.41, 5.74) is 7.34. The topological polar surface area (TPSA) is 104 Å². The van der Waals surface area contributed by atoms with Crippen LogP contribution in [0, 0.1) is 0 Å². The highest BCUT2D eigenvalue weighted by Crippen LogP contribution is 2.23. The lowest BCUT2D eigenvalue weighted by Crippen LogP contribution is -2.54. The lowest BCUT2D eigenvalue weighted by molar-refractivity contribution is -0.152. The first-order valence-corrected chi connectivity index (χ1v) is 6.01. The van der Waals surface area contributed by atoms with Crippen molar-refractivity contribution in [2.75, 3.05) is 6.61 Å². The van der Waals surface area contributed by atoms with Gasteiger partial charge < -0.3 is 20.8 Å². The van der Waals surface area contributed by atoms with E-state index in [2.05, 4.69) is 0 Å². The maximum atomic E-state index is 12.0. The zero-order chi connectivity index (χ0) is 14.0. The van der Waals surface area contributed by atoms with Crippen LogP contribution in [-0.4, -0.2) is 45.7 Å². The number of carboxylic acids is 1. The van der Waals surface area contributed by atoms with Crippen LogP contribution in [0.2, 0.25) is 0 Å². The number of aliphatic hydroxyl groups is 1. The molecule has 0 saturated carbocycles. The first kappa shape index (κ1) is 13.5. The molecule has 0 radical (unpaired) electrons. The molecule has 19 heavy (non-hydrogen) atoms. The Morgan fingerprint density at radius 3 is 2.58 bits per heavy atom. The van der Waals surface area contributed by atoms with E-state index in [0.29, 0.717) is 0 Å². The molecule has 102 valence electrons. The molecule has 2 atom stereocenters. The fourth-order valence-corrected chi connectivity index (χ4v) is 2.27. The van der Waals surface area contributed by atoms with Crippen molar-refractivity contribution in [2.45, 2.75) is 25.0 Å². The van der Waals surface area contributed by atoms with Crippen molar-refractivity contribution >= 4 is 11.9 Å². The SMILES string of the molecule is N[C@@H](CO)C(=O)N1Cc2ccccc2C[C@H]1C(=O)O. The highest BCUT2D eigenvalue weighted by atomic mass is 16.4. The van der Waals surface area contributed by atoms with Gasteiger partial charge in [0, 0.05) is 13.0 Å². The number of hydrogen-bond acceptors (Lipinski definition) is 4. The predicted octanol–water partition coefficient (Wildman–Crippen LogP) is -0.656. The Morgan fingerprint density at radius 1 is 1.37 bits per heavy atom. The van der Waals surface area contributed by atoms with Crippen molar-refractivity contribution in [1.29, 1.82) is 0 Å². The van der Waals surface area contributed by atoms with Crippen LogP contribution >= 0.6 is 0 Å². The highest BCUT2D eigenvalue weighted by molar-refractivity contribution is 5.87. The van der Waals surface area contributed by atoms with Crippen molar-refractivity contribution in [3.8, 4) is 0 Å². The number of hydrogen-bond donors (Lipinski definition) is 3. The number of carboxylic acid groups (broad SMARTS) is 1. The Labute approximate surface area is 110 Å². The summed E-state index contributed by atoms with van der Waals surface area (Å²) >= 11 is 0. The zero-order valence-corrected chi connectivity index (χ0v) is 10.3. The van der Waals surface area contributed by atoms with E-state index in [-0.39, 0.29) is 13.0 Å². The van der Waals surface area contributed by atoms with Gasteiger partial charge in [0.1, 0.15) is 12.1 Å². The molecule has 1 aromatic rings. The standard InChI is InChI=1S/C13H16N2O4/c14-10(7-16)12(17)15-6-9-4-2-1-3-8(9)5-11(15)13(18)19/h1-4,10-11,16H,5-7,14H2,(H,18,19)/t10-,11-/m0/s1. The lowest BCUT2D eigenvalue weighted by atomic mass is 9.93. The van der Waals surface area contributed by atoms with Crippen LogP contribution < -0.4 is 5.73 Å². The molecular weight excluding hydrogens is 248 g/mol. The summed E-state index contributed by atoms with van der Waals surface area (Å²) < 4.78 is 0. The summed E-state index contributed by atoms with van der Waals surface area (Å²) in [6.45, 7) is -0.289. The van der Waals surface area contributed by atoms with Gasteiger partial charge in [-0.25, -0.2) is 4.79 Å². The number of rotatable bonds is 3. The number of nitrogens with two attached hydrogens (primary N) is 1. The van der Waals surface area contributed by atoms with Gasteiger partial charge in [-0.1, -0.05) is 24.3 Å². The molecule has 0 saturated heterocycles. The van der Waals surface area contributed by atoms with Crippen LogP contribution in [0.25, 0.3) is 0 Å². The third-order valence-electron chi connectivity index (χ3n) is 3.33. The van der Waals surface area contributed by atoms with Crippen LogP contribution in [-0.2, 0) is 22.6 Å². The van der Waals surface area contributed by atoms with Gasteiger partial charge >= 0.3 is 5.97 Å². The van der Waals surface area contributed by atoms with Gasteiger partial charge in [-0.05, 0) is 11.1 Å². The molecule has 0 spiro atoms. The fraction of sp³-hybridized carbons (Fsp3) is 0.385. The quantitative estimate of drug-likeness (QED) is 0.672. The lowest BCUT2D eigenvalue weighted by Gasteiger charge is -2.35. The molecule has 1 amide bonds. The van der Waals surface area contributed by atoms with Crippen molar-refractivity contribution in [3.05, 3.63) is 35.4 Å². The number of aliphatic carboxylic acids is 1. The smallest absolute Gasteiger partial charge is 0.326 e. The van der Waals surface area contributed by atoms with E-state index in [1.165, 1.54) is 4.90 Å². The Hall–Kier alpha value is -1.92. The van der Waals surface area contributed by atoms with E-state index in [9.17, 15) is 14.7 Å². The van der Waals surface area contributed by atoms with Crippen LogP contribution in [0.3, 0.4) is 0 Å². The molecule has 2 rings (SSSR count). The average molecular weight is 264 g/mol. The minimum absolute atomic E-state index is 0.208. The maximum Gasteiger partial charge on any atom is 0.326 e. The van der Waals surface area contributed by atoms with Crippen LogP contribution in [0.5, 0.6) is 0 Å². The Morgan fingerprint density at radius 2 is 2.00 bits per heavy atom. The van der Waals surface area contributed by atoms with Crippen LogP contribution in [0.15, 0.2) is 24.3 Å². The van der Waals surface area contributed by atoms with Gasteiger partial charge in [0.05, 0.1) is 6.61 Å². The molecule has 0 bridgehead atoms. The minimum atomic E-state index is -1.08. The highest BCUT2D eigenvalue weighted by Gasteiger charge is 2.36. The second-order valence-electron chi connectivity index (χ2n) is 4.58. The van der Waals surface area contributed by atoms with Crippen LogP contribution in [0.1, 0.15) is 11.1 Å². The fourth-order valence-electron chi connectivity index (χ4n) is 2.27. The summed E-state index contributed by atoms with van der Waals surface area (Å²) in [5.74, 6) is -1.60. The molecule has 1 aromatic carbocycles. The van der Waals surface area contributed by atoms with E-state index < -0.39 is 30.6 Å². The molecule has 0 fully saturated rings. The molecular formula is C13H16N2O4. The van der Waals surface area contributed by atoms with Gasteiger partial charge in [-0.3, -0.25) is 4.79 Å². The van der Waals surface area contributed by atoms with E-state index in [4.69, 9.17) is 10.8 Å². The number of aliphatic hydroxyl groups excluding tert-OH is 1. The van der Waals surface area contributed by atoms with E-state index in [1.807, 2.05) is 24.3 Å². The van der Waals surface area contributed by atoms with E-state index in [0.717, 1.165) is 11.1 Å². The number of carbonyl (C=O) groups excluding carboxylic acids is 1.